The molecule has 0 radical (unpaired) electrons. The predicted molar refractivity (Wildman–Crippen MR) is 54.6 cm³/mol. The SMILES string of the molecule is C=CCSCC(OCC)OCC. The summed E-state index contributed by atoms with van der Waals surface area (Å²) in [6, 6.07) is 0. The minimum atomic E-state index is -0.0510. The zero-order chi connectivity index (χ0) is 9.23. The van der Waals surface area contributed by atoms with Gasteiger partial charge in [0.05, 0.1) is 0 Å². The molecule has 0 aromatic rings. The fraction of sp³-hybridized carbons (Fsp3) is 0.778. The van der Waals surface area contributed by atoms with Crippen molar-refractivity contribution in [3.05, 3.63) is 12.7 Å². The molecule has 0 aromatic carbocycles. The van der Waals surface area contributed by atoms with E-state index in [-0.39, 0.29) is 6.29 Å². The Morgan fingerprint density at radius 3 is 2.33 bits per heavy atom. The average molecular weight is 190 g/mol. The molecule has 0 saturated heterocycles. The van der Waals surface area contributed by atoms with Gasteiger partial charge in [0.1, 0.15) is 0 Å². The van der Waals surface area contributed by atoms with Crippen molar-refractivity contribution in [2.24, 2.45) is 0 Å². The van der Waals surface area contributed by atoms with Crippen molar-refractivity contribution in [2.45, 2.75) is 20.1 Å². The third-order valence-electron chi connectivity index (χ3n) is 1.19. The lowest BCUT2D eigenvalue weighted by Crippen LogP contribution is -2.20. The lowest BCUT2D eigenvalue weighted by Gasteiger charge is -2.15. The predicted octanol–water partition coefficient (Wildman–Crippen LogP) is 2.30. The van der Waals surface area contributed by atoms with Crippen LogP contribution in [0.3, 0.4) is 0 Å². The van der Waals surface area contributed by atoms with Gasteiger partial charge in [-0.2, -0.15) is 11.8 Å². The van der Waals surface area contributed by atoms with E-state index in [9.17, 15) is 0 Å². The Labute approximate surface area is 79.3 Å². The summed E-state index contributed by atoms with van der Waals surface area (Å²) in [5, 5.41) is 0. The van der Waals surface area contributed by atoms with Gasteiger partial charge in [0.2, 0.25) is 0 Å². The molecule has 3 heteroatoms. The number of rotatable bonds is 8. The molecule has 0 unspecified atom stereocenters. The summed E-state index contributed by atoms with van der Waals surface area (Å²) in [5.74, 6) is 1.84. The molecular weight excluding hydrogens is 172 g/mol. The van der Waals surface area contributed by atoms with E-state index >= 15 is 0 Å². The van der Waals surface area contributed by atoms with Crippen LogP contribution in [0.25, 0.3) is 0 Å². The Morgan fingerprint density at radius 2 is 1.92 bits per heavy atom. The molecule has 0 aliphatic heterocycles. The van der Waals surface area contributed by atoms with Gasteiger partial charge in [-0.3, -0.25) is 0 Å². The van der Waals surface area contributed by atoms with Gasteiger partial charge in [-0.05, 0) is 13.8 Å². The van der Waals surface area contributed by atoms with E-state index in [0.29, 0.717) is 13.2 Å². The number of ether oxygens (including phenoxy) is 2. The van der Waals surface area contributed by atoms with Gasteiger partial charge in [0.15, 0.2) is 6.29 Å². The van der Waals surface area contributed by atoms with E-state index in [2.05, 4.69) is 6.58 Å². The monoisotopic (exact) mass is 190 g/mol. The zero-order valence-electron chi connectivity index (χ0n) is 7.91. The van der Waals surface area contributed by atoms with Crippen LogP contribution in [-0.4, -0.2) is 31.0 Å². The van der Waals surface area contributed by atoms with Gasteiger partial charge in [-0.15, -0.1) is 6.58 Å². The van der Waals surface area contributed by atoms with Crippen LogP contribution in [0, 0.1) is 0 Å². The summed E-state index contributed by atoms with van der Waals surface area (Å²) in [4.78, 5) is 0. The van der Waals surface area contributed by atoms with E-state index < -0.39 is 0 Å². The van der Waals surface area contributed by atoms with Gasteiger partial charge in [-0.1, -0.05) is 6.08 Å². The number of thioether (sulfide) groups is 1. The van der Waals surface area contributed by atoms with Crippen LogP contribution in [0.2, 0.25) is 0 Å². The molecule has 0 aromatic heterocycles. The fourth-order valence-electron chi connectivity index (χ4n) is 0.764. The van der Waals surface area contributed by atoms with Gasteiger partial charge in [0, 0.05) is 24.7 Å². The highest BCUT2D eigenvalue weighted by Crippen LogP contribution is 2.07. The Kier molecular flexibility index (Phi) is 9.11. The smallest absolute Gasteiger partial charge is 0.166 e. The highest BCUT2D eigenvalue weighted by Gasteiger charge is 2.06. The van der Waals surface area contributed by atoms with Crippen LogP contribution in [0.15, 0.2) is 12.7 Å². The second-order valence-electron chi connectivity index (χ2n) is 2.17. The van der Waals surface area contributed by atoms with E-state index in [0.717, 1.165) is 11.5 Å². The Hall–Kier alpha value is 0.01000. The molecule has 0 amide bonds. The molecule has 0 bridgehead atoms. The quantitative estimate of drug-likeness (QED) is 0.332. The van der Waals surface area contributed by atoms with Gasteiger partial charge in [-0.25, -0.2) is 0 Å². The molecule has 0 aliphatic carbocycles. The normalized spacial score (nSPS) is 10.6. The van der Waals surface area contributed by atoms with Crippen molar-refractivity contribution in [1.29, 1.82) is 0 Å². The molecule has 0 fully saturated rings. The minimum Gasteiger partial charge on any atom is -0.352 e. The summed E-state index contributed by atoms with van der Waals surface area (Å²) in [6.45, 7) is 9.02. The number of hydrogen-bond acceptors (Lipinski definition) is 3. The third-order valence-corrected chi connectivity index (χ3v) is 2.17. The van der Waals surface area contributed by atoms with Gasteiger partial charge >= 0.3 is 0 Å². The van der Waals surface area contributed by atoms with Crippen molar-refractivity contribution in [1.82, 2.24) is 0 Å². The molecule has 0 rings (SSSR count). The van der Waals surface area contributed by atoms with Gasteiger partial charge < -0.3 is 9.47 Å². The third kappa shape index (κ3) is 6.70. The van der Waals surface area contributed by atoms with Crippen LogP contribution < -0.4 is 0 Å². The van der Waals surface area contributed by atoms with Crippen LogP contribution >= 0.6 is 11.8 Å². The molecule has 0 N–H and O–H groups in total. The second-order valence-corrected chi connectivity index (χ2v) is 3.24. The highest BCUT2D eigenvalue weighted by atomic mass is 32.2. The molecule has 12 heavy (non-hydrogen) atoms. The van der Waals surface area contributed by atoms with Crippen molar-refractivity contribution in [3.63, 3.8) is 0 Å². The summed E-state index contributed by atoms with van der Waals surface area (Å²) in [6.07, 6.45) is 1.84. The Bertz CT molecular complexity index is 101. The van der Waals surface area contributed by atoms with Crippen LogP contribution in [0.1, 0.15) is 13.8 Å². The maximum Gasteiger partial charge on any atom is 0.166 e. The highest BCUT2D eigenvalue weighted by molar-refractivity contribution is 7.99. The summed E-state index contributed by atoms with van der Waals surface area (Å²) >= 11 is 1.77. The van der Waals surface area contributed by atoms with Crippen molar-refractivity contribution >= 4 is 11.8 Å². The fourth-order valence-corrected chi connectivity index (χ4v) is 1.45. The van der Waals surface area contributed by atoms with Crippen molar-refractivity contribution in [3.8, 4) is 0 Å². The van der Waals surface area contributed by atoms with Crippen LogP contribution in [-0.2, 0) is 9.47 Å². The first-order chi connectivity index (χ1) is 5.85. The zero-order valence-corrected chi connectivity index (χ0v) is 8.73. The number of hydrogen-bond donors (Lipinski definition) is 0. The van der Waals surface area contributed by atoms with E-state index in [1.54, 1.807) is 11.8 Å². The van der Waals surface area contributed by atoms with Crippen LogP contribution in [0.4, 0.5) is 0 Å². The standard InChI is InChI=1S/C9H18O2S/c1-4-7-12-8-9(10-5-2)11-6-3/h4,9H,1,5-8H2,2-3H3. The van der Waals surface area contributed by atoms with Gasteiger partial charge in [0.25, 0.3) is 0 Å². The molecule has 0 aliphatic rings. The molecular formula is C9H18O2S. The van der Waals surface area contributed by atoms with Crippen LogP contribution in [0.5, 0.6) is 0 Å². The second kappa shape index (κ2) is 9.10. The lowest BCUT2D eigenvalue weighted by molar-refractivity contribution is -0.120. The summed E-state index contributed by atoms with van der Waals surface area (Å²) in [7, 11) is 0. The molecule has 72 valence electrons. The first kappa shape index (κ1) is 12.0. The maximum atomic E-state index is 5.35. The molecule has 0 saturated carbocycles. The molecule has 0 spiro atoms. The molecule has 0 heterocycles. The van der Waals surface area contributed by atoms with Crippen molar-refractivity contribution in [2.75, 3.05) is 24.7 Å². The van der Waals surface area contributed by atoms with E-state index in [1.807, 2.05) is 19.9 Å². The lowest BCUT2D eigenvalue weighted by atomic mass is 10.7. The maximum absolute atomic E-state index is 5.35. The van der Waals surface area contributed by atoms with E-state index in [1.165, 1.54) is 0 Å². The first-order valence-corrected chi connectivity index (χ1v) is 5.42. The first-order valence-electron chi connectivity index (χ1n) is 4.27. The minimum absolute atomic E-state index is 0.0510. The summed E-state index contributed by atoms with van der Waals surface area (Å²) < 4.78 is 10.7. The Morgan fingerprint density at radius 1 is 1.33 bits per heavy atom. The molecule has 2 nitrogen and oxygen atoms in total. The average Bonchev–Trinajstić information content (AvgIpc) is 2.06. The summed E-state index contributed by atoms with van der Waals surface area (Å²) in [5.41, 5.74) is 0. The largest absolute Gasteiger partial charge is 0.352 e. The Balaban J connectivity index is 3.40. The van der Waals surface area contributed by atoms with Crippen molar-refractivity contribution < 1.29 is 9.47 Å². The molecule has 0 atom stereocenters. The van der Waals surface area contributed by atoms with E-state index in [4.69, 9.17) is 9.47 Å². The topological polar surface area (TPSA) is 18.5 Å².